The molecule has 2 heterocycles. The van der Waals surface area contributed by atoms with E-state index in [1.165, 1.54) is 11.8 Å². The number of aryl methyl sites for hydroxylation is 1. The van der Waals surface area contributed by atoms with E-state index in [1.54, 1.807) is 24.5 Å². The van der Waals surface area contributed by atoms with Gasteiger partial charge in [0.2, 0.25) is 11.8 Å². The van der Waals surface area contributed by atoms with Gasteiger partial charge >= 0.3 is 5.69 Å². The molecule has 22 heavy (non-hydrogen) atoms. The van der Waals surface area contributed by atoms with Crippen molar-refractivity contribution in [2.45, 2.75) is 50.6 Å². The van der Waals surface area contributed by atoms with Crippen LogP contribution >= 0.6 is 11.8 Å². The SMILES string of the molecule is CCCCn1c(SC(C)C(=O)Nc2cc(C)no2)n[nH]c1=O. The van der Waals surface area contributed by atoms with Gasteiger partial charge in [0.1, 0.15) is 0 Å². The van der Waals surface area contributed by atoms with E-state index in [0.29, 0.717) is 23.3 Å². The lowest BCUT2D eigenvalue weighted by Gasteiger charge is -2.10. The predicted octanol–water partition coefficient (Wildman–Crippen LogP) is 1.79. The molecule has 2 rings (SSSR count). The van der Waals surface area contributed by atoms with Gasteiger partial charge in [0.25, 0.3) is 0 Å². The van der Waals surface area contributed by atoms with E-state index in [9.17, 15) is 9.59 Å². The van der Waals surface area contributed by atoms with Gasteiger partial charge in [0.05, 0.1) is 10.9 Å². The Morgan fingerprint density at radius 3 is 3.00 bits per heavy atom. The van der Waals surface area contributed by atoms with Crippen LogP contribution in [0.25, 0.3) is 0 Å². The Labute approximate surface area is 131 Å². The minimum atomic E-state index is -0.430. The van der Waals surface area contributed by atoms with Crippen LogP contribution in [0.5, 0.6) is 0 Å². The van der Waals surface area contributed by atoms with Crippen molar-refractivity contribution >= 4 is 23.6 Å². The summed E-state index contributed by atoms with van der Waals surface area (Å²) in [7, 11) is 0. The van der Waals surface area contributed by atoms with Crippen LogP contribution in [0.4, 0.5) is 5.88 Å². The molecule has 8 nitrogen and oxygen atoms in total. The Kier molecular flexibility index (Phi) is 5.42. The maximum atomic E-state index is 12.1. The molecule has 120 valence electrons. The monoisotopic (exact) mass is 325 g/mol. The van der Waals surface area contributed by atoms with Gasteiger partial charge in [-0.25, -0.2) is 9.89 Å². The second-order valence-electron chi connectivity index (χ2n) is 4.90. The fourth-order valence-corrected chi connectivity index (χ4v) is 2.65. The molecule has 0 radical (unpaired) electrons. The summed E-state index contributed by atoms with van der Waals surface area (Å²) < 4.78 is 6.50. The molecule has 0 aliphatic heterocycles. The summed E-state index contributed by atoms with van der Waals surface area (Å²) in [5.41, 5.74) is 0.436. The van der Waals surface area contributed by atoms with Crippen molar-refractivity contribution < 1.29 is 9.32 Å². The number of anilines is 1. The zero-order chi connectivity index (χ0) is 16.1. The third-order valence-corrected chi connectivity index (χ3v) is 4.07. The minimum absolute atomic E-state index is 0.237. The van der Waals surface area contributed by atoms with Gasteiger partial charge in [0.15, 0.2) is 5.16 Å². The van der Waals surface area contributed by atoms with E-state index >= 15 is 0 Å². The van der Waals surface area contributed by atoms with Gasteiger partial charge in [-0.3, -0.25) is 14.7 Å². The lowest BCUT2D eigenvalue weighted by Crippen LogP contribution is -2.23. The molecular weight excluding hydrogens is 306 g/mol. The van der Waals surface area contributed by atoms with Crippen molar-refractivity contribution in [2.24, 2.45) is 0 Å². The van der Waals surface area contributed by atoms with Crippen LogP contribution in [0.15, 0.2) is 20.5 Å². The first-order valence-corrected chi connectivity index (χ1v) is 7.95. The van der Waals surface area contributed by atoms with E-state index in [0.717, 1.165) is 12.8 Å². The number of rotatable bonds is 7. The summed E-state index contributed by atoms with van der Waals surface area (Å²) in [4.78, 5) is 23.8. The Morgan fingerprint density at radius 2 is 2.36 bits per heavy atom. The van der Waals surface area contributed by atoms with Crippen LogP contribution in [-0.2, 0) is 11.3 Å². The highest BCUT2D eigenvalue weighted by Crippen LogP contribution is 2.21. The van der Waals surface area contributed by atoms with Crippen molar-refractivity contribution in [3.8, 4) is 0 Å². The second-order valence-corrected chi connectivity index (χ2v) is 6.21. The van der Waals surface area contributed by atoms with Gasteiger partial charge < -0.3 is 4.52 Å². The number of unbranched alkanes of at least 4 members (excludes halogenated alkanes) is 1. The first-order chi connectivity index (χ1) is 10.5. The molecule has 2 aromatic heterocycles. The molecule has 0 fully saturated rings. The maximum absolute atomic E-state index is 12.1. The Balaban J connectivity index is 2.00. The molecule has 0 aromatic carbocycles. The standard InChI is InChI=1S/C13H19N5O3S/c1-4-5-6-18-12(20)15-16-13(18)22-9(3)11(19)14-10-7-8(2)17-21-10/h7,9H,4-6H2,1-3H3,(H,14,19)(H,15,20). The fraction of sp³-hybridized carbons (Fsp3) is 0.538. The zero-order valence-electron chi connectivity index (χ0n) is 12.8. The number of carbonyl (C=O) groups excluding carboxylic acids is 1. The lowest BCUT2D eigenvalue weighted by atomic mass is 10.3. The number of aromatic nitrogens is 4. The van der Waals surface area contributed by atoms with Crippen LogP contribution in [0, 0.1) is 6.92 Å². The van der Waals surface area contributed by atoms with E-state index in [-0.39, 0.29) is 11.6 Å². The highest BCUT2D eigenvalue weighted by atomic mass is 32.2. The van der Waals surface area contributed by atoms with Crippen molar-refractivity contribution in [3.05, 3.63) is 22.2 Å². The number of hydrogen-bond acceptors (Lipinski definition) is 6. The third-order valence-electron chi connectivity index (χ3n) is 2.98. The lowest BCUT2D eigenvalue weighted by molar-refractivity contribution is -0.115. The summed E-state index contributed by atoms with van der Waals surface area (Å²) >= 11 is 1.22. The largest absolute Gasteiger partial charge is 0.343 e. The Bertz CT molecular complexity index is 690. The maximum Gasteiger partial charge on any atom is 0.343 e. The number of H-pyrrole nitrogens is 1. The van der Waals surface area contributed by atoms with Crippen molar-refractivity contribution in [2.75, 3.05) is 5.32 Å². The van der Waals surface area contributed by atoms with Gasteiger partial charge in [-0.15, -0.1) is 5.10 Å². The van der Waals surface area contributed by atoms with Crippen molar-refractivity contribution in [1.82, 2.24) is 19.9 Å². The molecule has 0 spiro atoms. The summed E-state index contributed by atoms with van der Waals surface area (Å²) in [6.45, 7) is 6.15. The van der Waals surface area contributed by atoms with Gasteiger partial charge in [-0.05, 0) is 20.3 Å². The molecule has 0 aliphatic carbocycles. The molecule has 2 aromatic rings. The summed E-state index contributed by atoms with van der Waals surface area (Å²) in [6, 6.07) is 1.64. The highest BCUT2D eigenvalue weighted by molar-refractivity contribution is 8.00. The predicted molar refractivity (Wildman–Crippen MR) is 82.9 cm³/mol. The van der Waals surface area contributed by atoms with Crippen LogP contribution in [0.2, 0.25) is 0 Å². The average Bonchev–Trinajstić information content (AvgIpc) is 3.03. The van der Waals surface area contributed by atoms with Gasteiger partial charge in [-0.1, -0.05) is 30.3 Å². The normalized spacial score (nSPS) is 12.3. The first kappa shape index (κ1) is 16.3. The van der Waals surface area contributed by atoms with Crippen LogP contribution in [0.3, 0.4) is 0 Å². The van der Waals surface area contributed by atoms with Crippen molar-refractivity contribution in [3.63, 3.8) is 0 Å². The number of amides is 1. The topological polar surface area (TPSA) is 106 Å². The van der Waals surface area contributed by atoms with Crippen molar-refractivity contribution in [1.29, 1.82) is 0 Å². The number of aromatic amines is 1. The number of nitrogens with zero attached hydrogens (tertiary/aromatic N) is 3. The third kappa shape index (κ3) is 4.00. The van der Waals surface area contributed by atoms with E-state index in [4.69, 9.17) is 4.52 Å². The number of carbonyl (C=O) groups is 1. The summed E-state index contributed by atoms with van der Waals surface area (Å²) in [5, 5.41) is 12.8. The van der Waals surface area contributed by atoms with Gasteiger partial charge in [0, 0.05) is 12.6 Å². The molecule has 0 aliphatic rings. The molecule has 0 saturated heterocycles. The molecule has 0 saturated carbocycles. The van der Waals surface area contributed by atoms with E-state index < -0.39 is 5.25 Å². The Morgan fingerprint density at radius 1 is 1.59 bits per heavy atom. The van der Waals surface area contributed by atoms with E-state index in [2.05, 4.69) is 20.7 Å². The molecule has 9 heteroatoms. The molecule has 1 atom stereocenters. The summed E-state index contributed by atoms with van der Waals surface area (Å²) in [5.74, 6) is 0.0685. The van der Waals surface area contributed by atoms with E-state index in [1.807, 2.05) is 6.92 Å². The van der Waals surface area contributed by atoms with Gasteiger partial charge in [-0.2, -0.15) is 0 Å². The summed E-state index contributed by atoms with van der Waals surface area (Å²) in [6.07, 6.45) is 1.85. The Hall–Kier alpha value is -2.03. The molecule has 1 unspecified atom stereocenters. The second kappa shape index (κ2) is 7.30. The number of hydrogen-bond donors (Lipinski definition) is 2. The molecule has 1 amide bonds. The minimum Gasteiger partial charge on any atom is -0.338 e. The number of thioether (sulfide) groups is 1. The molecular formula is C13H19N5O3S. The average molecular weight is 325 g/mol. The highest BCUT2D eigenvalue weighted by Gasteiger charge is 2.20. The number of nitrogens with one attached hydrogen (secondary N) is 2. The van der Waals surface area contributed by atoms with Crippen LogP contribution in [-0.4, -0.2) is 31.1 Å². The first-order valence-electron chi connectivity index (χ1n) is 7.07. The smallest absolute Gasteiger partial charge is 0.338 e. The molecule has 0 bridgehead atoms. The van der Waals surface area contributed by atoms with Crippen LogP contribution < -0.4 is 11.0 Å². The molecule has 2 N–H and O–H groups in total. The quantitative estimate of drug-likeness (QED) is 0.752. The zero-order valence-corrected chi connectivity index (χ0v) is 13.6. The fourth-order valence-electron chi connectivity index (χ4n) is 1.76. The van der Waals surface area contributed by atoms with Crippen LogP contribution in [0.1, 0.15) is 32.4 Å².